The predicted molar refractivity (Wildman–Crippen MR) is 112 cm³/mol. The van der Waals surface area contributed by atoms with Gasteiger partial charge >= 0.3 is 0 Å². The average molecular weight is 387 g/mol. The number of anilines is 1. The molecule has 136 valence electrons. The van der Waals surface area contributed by atoms with Crippen molar-refractivity contribution in [3.8, 4) is 0 Å². The monoisotopic (exact) mass is 386 g/mol. The second-order valence-electron chi connectivity index (χ2n) is 7.48. The first-order chi connectivity index (χ1) is 12.7. The van der Waals surface area contributed by atoms with Gasteiger partial charge in [0.15, 0.2) is 5.11 Å². The molecule has 2 bridgehead atoms. The predicted octanol–water partition coefficient (Wildman–Crippen LogP) is 3.40. The first-order valence-corrected chi connectivity index (χ1v) is 10.2. The number of thiocarbonyl (C=S) groups is 1. The molecule has 2 saturated heterocycles. The Bertz CT molecular complexity index is 736. The number of nitrogens with one attached hydrogen (secondary N) is 3. The van der Waals surface area contributed by atoms with Crippen molar-refractivity contribution in [2.75, 3.05) is 5.32 Å². The third-order valence-electron chi connectivity index (χ3n) is 5.74. The van der Waals surface area contributed by atoms with Crippen LogP contribution in [0.1, 0.15) is 31.2 Å². The van der Waals surface area contributed by atoms with Gasteiger partial charge in [0, 0.05) is 48.0 Å². The van der Waals surface area contributed by atoms with Gasteiger partial charge in [0.2, 0.25) is 0 Å². The van der Waals surface area contributed by atoms with E-state index in [-0.39, 0.29) is 0 Å². The molecule has 0 radical (unpaired) electrons. The normalized spacial score (nSPS) is 27.1. The van der Waals surface area contributed by atoms with Crippen molar-refractivity contribution in [3.05, 3.63) is 65.2 Å². The minimum atomic E-state index is 0.472. The lowest BCUT2D eigenvalue weighted by Gasteiger charge is -2.36. The maximum absolute atomic E-state index is 5.94. The van der Waals surface area contributed by atoms with E-state index < -0.39 is 0 Å². The fourth-order valence-electron chi connectivity index (χ4n) is 4.55. The van der Waals surface area contributed by atoms with Crippen molar-refractivity contribution >= 4 is 34.6 Å². The lowest BCUT2D eigenvalue weighted by atomic mass is 9.96. The molecular formula is C21H25ClN3S+. The number of quaternary nitrogens is 1. The van der Waals surface area contributed by atoms with Gasteiger partial charge in [-0.05, 0) is 36.5 Å². The summed E-state index contributed by atoms with van der Waals surface area (Å²) >= 11 is 11.5. The Hall–Kier alpha value is -1.62. The van der Waals surface area contributed by atoms with E-state index in [1.54, 1.807) is 4.90 Å². The number of fused-ring (bicyclic) bond motifs is 2. The van der Waals surface area contributed by atoms with E-state index in [9.17, 15) is 0 Å². The molecule has 3 N–H and O–H groups in total. The second-order valence-corrected chi connectivity index (χ2v) is 8.33. The zero-order chi connectivity index (χ0) is 17.9. The van der Waals surface area contributed by atoms with Gasteiger partial charge in [-0.3, -0.25) is 0 Å². The number of hydrogen-bond donors (Lipinski definition) is 3. The minimum Gasteiger partial charge on any atom is -0.359 e. The molecule has 2 aliphatic rings. The topological polar surface area (TPSA) is 28.5 Å². The summed E-state index contributed by atoms with van der Waals surface area (Å²) in [6.45, 7) is 1.15. The Morgan fingerprint density at radius 1 is 1.00 bits per heavy atom. The summed E-state index contributed by atoms with van der Waals surface area (Å²) in [6.07, 6.45) is 5.06. The van der Waals surface area contributed by atoms with Gasteiger partial charge in [0.25, 0.3) is 0 Å². The Morgan fingerprint density at radius 2 is 1.65 bits per heavy atom. The first-order valence-electron chi connectivity index (χ1n) is 9.40. The third-order valence-corrected chi connectivity index (χ3v) is 6.21. The van der Waals surface area contributed by atoms with Crippen LogP contribution in [0.15, 0.2) is 54.6 Å². The molecule has 4 rings (SSSR count). The number of rotatable bonds is 4. The van der Waals surface area contributed by atoms with Crippen molar-refractivity contribution < 1.29 is 4.90 Å². The molecule has 2 aromatic rings. The van der Waals surface area contributed by atoms with Crippen LogP contribution in [0, 0.1) is 0 Å². The van der Waals surface area contributed by atoms with Crippen molar-refractivity contribution in [3.63, 3.8) is 0 Å². The van der Waals surface area contributed by atoms with E-state index in [0.717, 1.165) is 29.3 Å². The summed E-state index contributed by atoms with van der Waals surface area (Å²) < 4.78 is 0. The van der Waals surface area contributed by atoms with Crippen LogP contribution in [-0.2, 0) is 6.54 Å². The molecule has 0 aliphatic carbocycles. The lowest BCUT2D eigenvalue weighted by Crippen LogP contribution is -3.17. The number of hydrogen-bond acceptors (Lipinski definition) is 1. The van der Waals surface area contributed by atoms with Crippen LogP contribution in [0.4, 0.5) is 5.69 Å². The summed E-state index contributed by atoms with van der Waals surface area (Å²) in [5, 5.41) is 8.26. The lowest BCUT2D eigenvalue weighted by molar-refractivity contribution is -0.954. The van der Waals surface area contributed by atoms with Crippen molar-refractivity contribution in [2.45, 2.75) is 50.4 Å². The van der Waals surface area contributed by atoms with E-state index in [1.165, 1.54) is 31.2 Å². The van der Waals surface area contributed by atoms with E-state index in [2.05, 4.69) is 41.0 Å². The minimum absolute atomic E-state index is 0.472. The molecular weight excluding hydrogens is 362 g/mol. The van der Waals surface area contributed by atoms with Gasteiger partial charge < -0.3 is 15.5 Å². The number of halogens is 1. The maximum atomic E-state index is 5.94. The SMILES string of the molecule is S=C(Nc1ccc(Cl)cc1)NC1C[C@H]2CC[C@@H](C1)[NH+]2Cc1ccccc1. The van der Waals surface area contributed by atoms with Crippen LogP contribution < -0.4 is 15.5 Å². The van der Waals surface area contributed by atoms with Crippen LogP contribution in [0.3, 0.4) is 0 Å². The smallest absolute Gasteiger partial charge is 0.171 e. The van der Waals surface area contributed by atoms with Crippen molar-refractivity contribution in [1.82, 2.24) is 5.32 Å². The van der Waals surface area contributed by atoms with Crippen LogP contribution >= 0.6 is 23.8 Å². The van der Waals surface area contributed by atoms with Gasteiger partial charge in [-0.25, -0.2) is 0 Å². The third kappa shape index (κ3) is 4.20. The average Bonchev–Trinajstić information content (AvgIpc) is 2.87. The molecule has 2 fully saturated rings. The number of benzene rings is 2. The van der Waals surface area contributed by atoms with Crippen molar-refractivity contribution in [1.29, 1.82) is 0 Å². The molecule has 5 heteroatoms. The summed E-state index contributed by atoms with van der Waals surface area (Å²) in [4.78, 5) is 1.77. The summed E-state index contributed by atoms with van der Waals surface area (Å²) in [5.41, 5.74) is 2.42. The molecule has 26 heavy (non-hydrogen) atoms. The zero-order valence-electron chi connectivity index (χ0n) is 14.7. The molecule has 0 spiro atoms. The van der Waals surface area contributed by atoms with Gasteiger partial charge in [-0.15, -0.1) is 0 Å². The largest absolute Gasteiger partial charge is 0.359 e. The fourth-order valence-corrected chi connectivity index (χ4v) is 4.96. The van der Waals surface area contributed by atoms with Crippen molar-refractivity contribution in [2.24, 2.45) is 0 Å². The van der Waals surface area contributed by atoms with Gasteiger partial charge in [-0.1, -0.05) is 41.9 Å². The van der Waals surface area contributed by atoms with E-state index in [0.29, 0.717) is 11.2 Å². The molecule has 0 saturated carbocycles. The Balaban J connectivity index is 1.32. The fraction of sp³-hybridized carbons (Fsp3) is 0.381. The Kier molecular flexibility index (Phi) is 5.44. The molecule has 0 aromatic heterocycles. The second kappa shape index (κ2) is 7.95. The quantitative estimate of drug-likeness (QED) is 0.703. The van der Waals surface area contributed by atoms with Gasteiger partial charge in [0.1, 0.15) is 6.54 Å². The number of piperidine rings is 1. The van der Waals surface area contributed by atoms with Crippen LogP contribution in [-0.4, -0.2) is 23.2 Å². The molecule has 2 aliphatic heterocycles. The summed E-state index contributed by atoms with van der Waals surface area (Å²) in [6, 6.07) is 20.5. The highest BCUT2D eigenvalue weighted by Gasteiger charge is 2.44. The van der Waals surface area contributed by atoms with Gasteiger partial charge in [-0.2, -0.15) is 0 Å². The van der Waals surface area contributed by atoms with Crippen LogP contribution in [0.2, 0.25) is 5.02 Å². The molecule has 2 unspecified atom stereocenters. The molecule has 0 amide bonds. The van der Waals surface area contributed by atoms with E-state index >= 15 is 0 Å². The van der Waals surface area contributed by atoms with Gasteiger partial charge in [0.05, 0.1) is 12.1 Å². The van der Waals surface area contributed by atoms with E-state index in [4.69, 9.17) is 23.8 Å². The Morgan fingerprint density at radius 3 is 2.31 bits per heavy atom. The highest BCUT2D eigenvalue weighted by molar-refractivity contribution is 7.80. The molecule has 4 atom stereocenters. The first kappa shape index (κ1) is 17.8. The standard InChI is InChI=1S/C21H24ClN3S/c22-16-6-8-17(9-7-16)23-21(26)24-18-12-19-10-11-20(13-18)25(19)14-15-4-2-1-3-5-15/h1-9,18-20H,10-14H2,(H2,23,24,26)/p+1/t18?,19-,20+. The molecule has 3 nitrogen and oxygen atoms in total. The van der Waals surface area contributed by atoms with Crippen LogP contribution in [0.25, 0.3) is 0 Å². The maximum Gasteiger partial charge on any atom is 0.171 e. The summed E-state index contributed by atoms with van der Waals surface area (Å²) in [5.74, 6) is 0. The summed E-state index contributed by atoms with van der Waals surface area (Å²) in [7, 11) is 0. The molecule has 2 aromatic carbocycles. The van der Waals surface area contributed by atoms with E-state index in [1.807, 2.05) is 24.3 Å². The van der Waals surface area contributed by atoms with Crippen LogP contribution in [0.5, 0.6) is 0 Å². The highest BCUT2D eigenvalue weighted by Crippen LogP contribution is 2.24. The highest BCUT2D eigenvalue weighted by atomic mass is 35.5. The Labute approximate surface area is 165 Å². The molecule has 2 heterocycles. The zero-order valence-corrected chi connectivity index (χ0v) is 16.3.